The van der Waals surface area contributed by atoms with Crippen LogP contribution in [0.25, 0.3) is 11.4 Å². The van der Waals surface area contributed by atoms with E-state index in [0.29, 0.717) is 18.4 Å². The Kier molecular flexibility index (Phi) is 3.93. The molecular formula is C11H9ClF2N4O2. The zero-order valence-corrected chi connectivity index (χ0v) is 11.1. The molecule has 0 saturated carbocycles. The number of hydrogen-bond acceptors (Lipinski definition) is 4. The summed E-state index contributed by atoms with van der Waals surface area (Å²) < 4.78 is 29.0. The molecule has 20 heavy (non-hydrogen) atoms. The van der Waals surface area contributed by atoms with Gasteiger partial charge in [0.25, 0.3) is 0 Å². The van der Waals surface area contributed by atoms with Crippen molar-refractivity contribution in [2.75, 3.05) is 0 Å². The number of nitro benzene ring substituents is 1. The predicted molar refractivity (Wildman–Crippen MR) is 67.3 cm³/mol. The number of rotatable bonds is 4. The zero-order valence-electron chi connectivity index (χ0n) is 10.3. The summed E-state index contributed by atoms with van der Waals surface area (Å²) in [5.74, 6) is -1.66. The van der Waals surface area contributed by atoms with E-state index >= 15 is 0 Å². The van der Waals surface area contributed by atoms with Crippen molar-refractivity contribution in [3.05, 3.63) is 39.7 Å². The molecule has 0 aliphatic carbocycles. The van der Waals surface area contributed by atoms with E-state index in [2.05, 4.69) is 10.2 Å². The third kappa shape index (κ3) is 2.34. The lowest BCUT2D eigenvalue weighted by atomic mass is 10.1. The van der Waals surface area contributed by atoms with Crippen LogP contribution in [0.5, 0.6) is 0 Å². The van der Waals surface area contributed by atoms with E-state index in [9.17, 15) is 18.9 Å². The van der Waals surface area contributed by atoms with Crippen molar-refractivity contribution in [1.82, 2.24) is 14.8 Å². The number of halogens is 3. The first kappa shape index (κ1) is 14.3. The van der Waals surface area contributed by atoms with Gasteiger partial charge in [0.1, 0.15) is 11.6 Å². The summed E-state index contributed by atoms with van der Waals surface area (Å²) in [4.78, 5) is 9.72. The van der Waals surface area contributed by atoms with Crippen molar-refractivity contribution in [2.24, 2.45) is 0 Å². The molecule has 2 aromatic rings. The number of nitro groups is 1. The molecule has 106 valence electrons. The molecule has 1 aromatic heterocycles. The van der Waals surface area contributed by atoms with Gasteiger partial charge in [-0.05, 0) is 13.0 Å². The summed E-state index contributed by atoms with van der Waals surface area (Å²) in [6.07, 6.45) is 0. The monoisotopic (exact) mass is 302 g/mol. The van der Waals surface area contributed by atoms with E-state index in [1.807, 2.05) is 0 Å². The van der Waals surface area contributed by atoms with Crippen molar-refractivity contribution in [1.29, 1.82) is 0 Å². The molecule has 0 unspecified atom stereocenters. The Hall–Kier alpha value is -2.09. The first-order valence-electron chi connectivity index (χ1n) is 5.61. The molecular weight excluding hydrogens is 294 g/mol. The molecule has 0 amide bonds. The Morgan fingerprint density at radius 1 is 1.40 bits per heavy atom. The quantitative estimate of drug-likeness (QED) is 0.494. The summed E-state index contributed by atoms with van der Waals surface area (Å²) in [6.45, 7) is 2.11. The Labute approximate surface area is 117 Å². The van der Waals surface area contributed by atoms with Gasteiger partial charge in [-0.1, -0.05) is 0 Å². The molecule has 2 rings (SSSR count). The second kappa shape index (κ2) is 5.49. The maximum Gasteiger partial charge on any atom is 0.308 e. The van der Waals surface area contributed by atoms with Crippen LogP contribution in [0, 0.1) is 21.7 Å². The molecule has 0 spiro atoms. The van der Waals surface area contributed by atoms with Crippen LogP contribution in [0.1, 0.15) is 12.7 Å². The largest absolute Gasteiger partial charge is 0.310 e. The summed E-state index contributed by atoms with van der Waals surface area (Å²) in [5.41, 5.74) is -1.26. The smallest absolute Gasteiger partial charge is 0.308 e. The standard InChI is InChI=1S/C11H9ClF2N4O2/c1-2-17-9(5-12)15-16-11(17)7-3-6(13)4-8(10(7)14)18(19)20/h3-4H,2,5H2,1H3. The van der Waals surface area contributed by atoms with Gasteiger partial charge in [-0.3, -0.25) is 10.1 Å². The van der Waals surface area contributed by atoms with Gasteiger partial charge in [-0.15, -0.1) is 21.8 Å². The first-order chi connectivity index (χ1) is 9.49. The fraction of sp³-hybridized carbons (Fsp3) is 0.273. The van der Waals surface area contributed by atoms with Crippen molar-refractivity contribution >= 4 is 17.3 Å². The lowest BCUT2D eigenvalue weighted by Crippen LogP contribution is -2.04. The van der Waals surface area contributed by atoms with E-state index in [1.165, 1.54) is 4.57 Å². The average molecular weight is 303 g/mol. The minimum absolute atomic E-state index is 0.00301. The summed E-state index contributed by atoms with van der Waals surface area (Å²) in [7, 11) is 0. The van der Waals surface area contributed by atoms with Crippen LogP contribution in [-0.4, -0.2) is 19.7 Å². The van der Waals surface area contributed by atoms with Gasteiger partial charge in [0.2, 0.25) is 5.82 Å². The molecule has 9 heteroatoms. The molecule has 6 nitrogen and oxygen atoms in total. The fourth-order valence-electron chi connectivity index (χ4n) is 1.84. The highest BCUT2D eigenvalue weighted by molar-refractivity contribution is 6.16. The molecule has 0 aliphatic heterocycles. The van der Waals surface area contributed by atoms with Crippen molar-refractivity contribution in [3.63, 3.8) is 0 Å². The number of benzene rings is 1. The molecule has 0 aliphatic rings. The fourth-order valence-corrected chi connectivity index (χ4v) is 2.03. The van der Waals surface area contributed by atoms with E-state index < -0.39 is 22.2 Å². The summed E-state index contributed by atoms with van der Waals surface area (Å²) in [5, 5.41) is 18.2. The van der Waals surface area contributed by atoms with Crippen LogP contribution in [-0.2, 0) is 12.4 Å². The van der Waals surface area contributed by atoms with E-state index in [0.717, 1.165) is 6.07 Å². The van der Waals surface area contributed by atoms with Crippen LogP contribution >= 0.6 is 11.6 Å². The lowest BCUT2D eigenvalue weighted by molar-refractivity contribution is -0.387. The highest BCUT2D eigenvalue weighted by atomic mass is 35.5. The molecule has 0 bridgehead atoms. The van der Waals surface area contributed by atoms with Gasteiger partial charge >= 0.3 is 5.69 Å². The predicted octanol–water partition coefficient (Wildman–Crippen LogP) is 2.89. The number of aromatic nitrogens is 3. The molecule has 0 N–H and O–H groups in total. The maximum absolute atomic E-state index is 14.1. The molecule has 0 radical (unpaired) electrons. The molecule has 0 fully saturated rings. The Morgan fingerprint density at radius 2 is 2.10 bits per heavy atom. The summed E-state index contributed by atoms with van der Waals surface area (Å²) >= 11 is 5.67. The molecule has 1 heterocycles. The van der Waals surface area contributed by atoms with Gasteiger partial charge in [-0.25, -0.2) is 4.39 Å². The third-order valence-corrected chi connectivity index (χ3v) is 2.96. The lowest BCUT2D eigenvalue weighted by Gasteiger charge is -2.07. The van der Waals surface area contributed by atoms with Gasteiger partial charge in [0.15, 0.2) is 5.82 Å². The van der Waals surface area contributed by atoms with E-state index in [1.54, 1.807) is 6.92 Å². The van der Waals surface area contributed by atoms with Crippen LogP contribution in [0.2, 0.25) is 0 Å². The van der Waals surface area contributed by atoms with Crippen LogP contribution in [0.3, 0.4) is 0 Å². The minimum Gasteiger partial charge on any atom is -0.310 e. The number of hydrogen-bond donors (Lipinski definition) is 0. The van der Waals surface area contributed by atoms with E-state index in [4.69, 9.17) is 11.6 Å². The number of nitrogens with zero attached hydrogens (tertiary/aromatic N) is 4. The highest BCUT2D eigenvalue weighted by Gasteiger charge is 2.24. The molecule has 0 atom stereocenters. The van der Waals surface area contributed by atoms with Crippen LogP contribution in [0.15, 0.2) is 12.1 Å². The molecule has 0 saturated heterocycles. The highest BCUT2D eigenvalue weighted by Crippen LogP contribution is 2.30. The van der Waals surface area contributed by atoms with Gasteiger partial charge in [0, 0.05) is 6.54 Å². The zero-order chi connectivity index (χ0) is 14.9. The van der Waals surface area contributed by atoms with Crippen molar-refractivity contribution in [2.45, 2.75) is 19.3 Å². The first-order valence-corrected chi connectivity index (χ1v) is 6.14. The van der Waals surface area contributed by atoms with Crippen LogP contribution < -0.4 is 0 Å². The third-order valence-electron chi connectivity index (χ3n) is 2.72. The topological polar surface area (TPSA) is 73.8 Å². The van der Waals surface area contributed by atoms with Crippen molar-refractivity contribution in [3.8, 4) is 11.4 Å². The van der Waals surface area contributed by atoms with Gasteiger partial charge in [0.05, 0.1) is 22.4 Å². The summed E-state index contributed by atoms with van der Waals surface area (Å²) in [6, 6.07) is 1.37. The normalized spacial score (nSPS) is 10.8. The average Bonchev–Trinajstić information content (AvgIpc) is 2.83. The van der Waals surface area contributed by atoms with Crippen LogP contribution in [0.4, 0.5) is 14.5 Å². The van der Waals surface area contributed by atoms with Crippen molar-refractivity contribution < 1.29 is 13.7 Å². The Balaban J connectivity index is 2.70. The second-order valence-electron chi connectivity index (χ2n) is 3.86. The van der Waals surface area contributed by atoms with E-state index in [-0.39, 0.29) is 17.3 Å². The minimum atomic E-state index is -1.15. The van der Waals surface area contributed by atoms with Gasteiger partial charge in [-0.2, -0.15) is 4.39 Å². The number of alkyl halides is 1. The molecule has 1 aromatic carbocycles. The second-order valence-corrected chi connectivity index (χ2v) is 4.13. The Morgan fingerprint density at radius 3 is 2.65 bits per heavy atom. The maximum atomic E-state index is 14.1. The van der Waals surface area contributed by atoms with Gasteiger partial charge < -0.3 is 4.57 Å². The SMILES string of the molecule is CCn1c(CCl)nnc1-c1cc(F)cc([N+](=O)[O-])c1F. The Bertz CT molecular complexity index is 675.